The molecule has 0 saturated carbocycles. The first-order valence-electron chi connectivity index (χ1n) is 8.03. The number of hydrogen-bond donors (Lipinski definition) is 0. The molecular formula is C18H18BrN3O3. The van der Waals surface area contributed by atoms with Gasteiger partial charge in [-0.25, -0.2) is 0 Å². The summed E-state index contributed by atoms with van der Waals surface area (Å²) in [5.74, 6) is -0.0722. The summed E-state index contributed by atoms with van der Waals surface area (Å²) >= 11 is 3.48. The van der Waals surface area contributed by atoms with Gasteiger partial charge >= 0.3 is 0 Å². The lowest BCUT2D eigenvalue weighted by molar-refractivity contribution is -0.384. The minimum Gasteiger partial charge on any atom is -0.336 e. The van der Waals surface area contributed by atoms with Crippen LogP contribution in [0.3, 0.4) is 0 Å². The number of rotatable bonds is 4. The van der Waals surface area contributed by atoms with Gasteiger partial charge in [-0.05, 0) is 29.8 Å². The Labute approximate surface area is 154 Å². The van der Waals surface area contributed by atoms with Crippen molar-refractivity contribution < 1.29 is 9.72 Å². The third kappa shape index (κ3) is 4.43. The molecule has 0 spiro atoms. The Kier molecular flexibility index (Phi) is 5.45. The van der Waals surface area contributed by atoms with Crippen molar-refractivity contribution in [1.82, 2.24) is 9.80 Å². The minimum atomic E-state index is -0.463. The van der Waals surface area contributed by atoms with E-state index >= 15 is 0 Å². The first-order chi connectivity index (χ1) is 12.0. The molecule has 2 aromatic carbocycles. The Balaban J connectivity index is 1.56. The molecular weight excluding hydrogens is 386 g/mol. The van der Waals surface area contributed by atoms with E-state index in [1.54, 1.807) is 4.90 Å². The summed E-state index contributed by atoms with van der Waals surface area (Å²) in [6, 6.07) is 14.0. The largest absolute Gasteiger partial charge is 0.336 e. The second-order valence-electron chi connectivity index (χ2n) is 6.00. The van der Waals surface area contributed by atoms with E-state index in [1.807, 2.05) is 12.1 Å². The van der Waals surface area contributed by atoms with Gasteiger partial charge in [-0.15, -0.1) is 0 Å². The number of carbonyl (C=O) groups excluding carboxylic acids is 1. The topological polar surface area (TPSA) is 66.7 Å². The summed E-state index contributed by atoms with van der Waals surface area (Å²) in [7, 11) is 0. The van der Waals surface area contributed by atoms with Crippen LogP contribution in [-0.2, 0) is 6.54 Å². The minimum absolute atomic E-state index is 0.00427. The lowest BCUT2D eigenvalue weighted by atomic mass is 10.1. The zero-order valence-corrected chi connectivity index (χ0v) is 15.2. The zero-order valence-electron chi connectivity index (χ0n) is 13.6. The van der Waals surface area contributed by atoms with Crippen LogP contribution < -0.4 is 0 Å². The Morgan fingerprint density at radius 2 is 1.76 bits per heavy atom. The van der Waals surface area contributed by atoms with Crippen LogP contribution in [0.15, 0.2) is 53.0 Å². The van der Waals surface area contributed by atoms with Crippen LogP contribution in [0.4, 0.5) is 5.69 Å². The van der Waals surface area contributed by atoms with E-state index in [0.717, 1.165) is 24.1 Å². The molecule has 6 nitrogen and oxygen atoms in total. The number of nitro groups is 1. The predicted octanol–water partition coefficient (Wildman–Crippen LogP) is 3.32. The van der Waals surface area contributed by atoms with E-state index in [9.17, 15) is 14.9 Å². The van der Waals surface area contributed by atoms with Crippen molar-refractivity contribution in [2.45, 2.75) is 6.54 Å². The summed E-state index contributed by atoms with van der Waals surface area (Å²) in [4.78, 5) is 26.9. The van der Waals surface area contributed by atoms with Crippen molar-refractivity contribution in [3.63, 3.8) is 0 Å². The Hall–Kier alpha value is -2.25. The van der Waals surface area contributed by atoms with Crippen LogP contribution in [0.1, 0.15) is 15.9 Å². The van der Waals surface area contributed by atoms with Crippen molar-refractivity contribution in [1.29, 1.82) is 0 Å². The molecule has 0 bridgehead atoms. The number of amides is 1. The van der Waals surface area contributed by atoms with Gasteiger partial charge in [-0.2, -0.15) is 0 Å². The third-order valence-corrected chi connectivity index (χ3v) is 4.77. The number of carbonyl (C=O) groups is 1. The van der Waals surface area contributed by atoms with Gasteiger partial charge in [0.15, 0.2) is 0 Å². The standard InChI is InChI=1S/C18H18BrN3O3/c19-16-3-1-2-14(12-16)13-20-8-10-21(11-9-20)18(23)15-4-6-17(7-5-15)22(24)25/h1-7,12H,8-11,13H2. The number of benzene rings is 2. The molecule has 0 N–H and O–H groups in total. The van der Waals surface area contributed by atoms with Crippen LogP contribution in [0.25, 0.3) is 0 Å². The van der Waals surface area contributed by atoms with E-state index in [-0.39, 0.29) is 11.6 Å². The molecule has 2 aromatic rings. The lowest BCUT2D eigenvalue weighted by Crippen LogP contribution is -2.48. The third-order valence-electron chi connectivity index (χ3n) is 4.28. The molecule has 1 fully saturated rings. The van der Waals surface area contributed by atoms with Gasteiger partial charge in [-0.1, -0.05) is 28.1 Å². The van der Waals surface area contributed by atoms with Crippen molar-refractivity contribution in [2.24, 2.45) is 0 Å². The highest BCUT2D eigenvalue weighted by molar-refractivity contribution is 9.10. The summed E-state index contributed by atoms with van der Waals surface area (Å²) in [5, 5.41) is 10.7. The van der Waals surface area contributed by atoms with Crippen LogP contribution in [0.5, 0.6) is 0 Å². The van der Waals surface area contributed by atoms with Gasteiger partial charge in [0, 0.05) is 54.9 Å². The highest BCUT2D eigenvalue weighted by atomic mass is 79.9. The predicted molar refractivity (Wildman–Crippen MR) is 98.4 cm³/mol. The molecule has 7 heteroatoms. The van der Waals surface area contributed by atoms with Crippen molar-refractivity contribution in [3.8, 4) is 0 Å². The molecule has 1 amide bonds. The number of non-ortho nitro benzene ring substituents is 1. The van der Waals surface area contributed by atoms with Crippen LogP contribution in [0, 0.1) is 10.1 Å². The molecule has 0 aliphatic carbocycles. The smallest absolute Gasteiger partial charge is 0.269 e. The summed E-state index contributed by atoms with van der Waals surface area (Å²) in [6.07, 6.45) is 0. The number of halogens is 1. The molecule has 25 heavy (non-hydrogen) atoms. The molecule has 0 radical (unpaired) electrons. The molecule has 1 aliphatic heterocycles. The van der Waals surface area contributed by atoms with Crippen molar-refractivity contribution in [2.75, 3.05) is 26.2 Å². The molecule has 130 valence electrons. The van der Waals surface area contributed by atoms with E-state index in [1.165, 1.54) is 29.8 Å². The average molecular weight is 404 g/mol. The van der Waals surface area contributed by atoms with Crippen molar-refractivity contribution >= 4 is 27.5 Å². The summed E-state index contributed by atoms with van der Waals surface area (Å²) in [6.45, 7) is 3.79. The second-order valence-corrected chi connectivity index (χ2v) is 6.92. The van der Waals surface area contributed by atoms with E-state index in [2.05, 4.69) is 33.0 Å². The van der Waals surface area contributed by atoms with E-state index in [4.69, 9.17) is 0 Å². The molecule has 0 aromatic heterocycles. The molecule has 0 unspecified atom stereocenters. The number of nitro benzene ring substituents is 1. The fourth-order valence-electron chi connectivity index (χ4n) is 2.91. The van der Waals surface area contributed by atoms with Gasteiger partial charge in [0.25, 0.3) is 11.6 Å². The Morgan fingerprint density at radius 1 is 1.08 bits per heavy atom. The maximum Gasteiger partial charge on any atom is 0.269 e. The molecule has 1 saturated heterocycles. The fraction of sp³-hybridized carbons (Fsp3) is 0.278. The maximum absolute atomic E-state index is 12.5. The van der Waals surface area contributed by atoms with Gasteiger partial charge in [0.2, 0.25) is 0 Å². The molecule has 3 rings (SSSR count). The van der Waals surface area contributed by atoms with Crippen molar-refractivity contribution in [3.05, 3.63) is 74.2 Å². The van der Waals surface area contributed by atoms with Crippen LogP contribution >= 0.6 is 15.9 Å². The van der Waals surface area contributed by atoms with Crippen LogP contribution in [-0.4, -0.2) is 46.8 Å². The van der Waals surface area contributed by atoms with Gasteiger partial charge in [0.1, 0.15) is 0 Å². The van der Waals surface area contributed by atoms with Crippen LogP contribution in [0.2, 0.25) is 0 Å². The first kappa shape index (κ1) is 17.6. The average Bonchev–Trinajstić information content (AvgIpc) is 2.62. The van der Waals surface area contributed by atoms with Gasteiger partial charge in [-0.3, -0.25) is 19.8 Å². The zero-order chi connectivity index (χ0) is 17.8. The Morgan fingerprint density at radius 3 is 2.36 bits per heavy atom. The second kappa shape index (κ2) is 7.76. The maximum atomic E-state index is 12.5. The summed E-state index contributed by atoms with van der Waals surface area (Å²) < 4.78 is 1.07. The number of nitrogens with zero attached hydrogens (tertiary/aromatic N) is 3. The van der Waals surface area contributed by atoms with Gasteiger partial charge in [0.05, 0.1) is 4.92 Å². The summed E-state index contributed by atoms with van der Waals surface area (Å²) in [5.41, 5.74) is 1.73. The van der Waals surface area contributed by atoms with E-state index in [0.29, 0.717) is 18.7 Å². The normalized spacial score (nSPS) is 15.2. The fourth-order valence-corrected chi connectivity index (χ4v) is 3.36. The van der Waals surface area contributed by atoms with Gasteiger partial charge < -0.3 is 4.90 Å². The highest BCUT2D eigenvalue weighted by Crippen LogP contribution is 2.17. The first-order valence-corrected chi connectivity index (χ1v) is 8.83. The SMILES string of the molecule is O=C(c1ccc([N+](=O)[O-])cc1)N1CCN(Cc2cccc(Br)c2)CC1. The molecule has 1 heterocycles. The monoisotopic (exact) mass is 403 g/mol. The highest BCUT2D eigenvalue weighted by Gasteiger charge is 2.22. The number of hydrogen-bond acceptors (Lipinski definition) is 4. The molecule has 1 aliphatic rings. The Bertz CT molecular complexity index is 771. The van der Waals surface area contributed by atoms with E-state index < -0.39 is 4.92 Å². The molecule has 0 atom stereocenters. The number of piperazine rings is 1. The quantitative estimate of drug-likeness (QED) is 0.579. The lowest BCUT2D eigenvalue weighted by Gasteiger charge is -2.34.